The maximum absolute atomic E-state index is 12.0. The maximum atomic E-state index is 12.0. The van der Waals surface area contributed by atoms with E-state index in [1.165, 1.54) is 18.4 Å². The largest absolute Gasteiger partial charge is 0.353 e. The predicted octanol–water partition coefficient (Wildman–Crippen LogP) is 1.36. The Kier molecular flexibility index (Phi) is 4.10. The van der Waals surface area contributed by atoms with Crippen LogP contribution in [-0.4, -0.2) is 36.1 Å². The molecule has 0 radical (unpaired) electrons. The third kappa shape index (κ3) is 3.18. The van der Waals surface area contributed by atoms with Crippen LogP contribution in [0.1, 0.15) is 37.3 Å². The molecule has 5 heteroatoms. The minimum absolute atomic E-state index is 0.0969. The van der Waals surface area contributed by atoms with Crippen LogP contribution in [0.25, 0.3) is 0 Å². The summed E-state index contributed by atoms with van der Waals surface area (Å²) in [6.07, 6.45) is 5.34. The van der Waals surface area contributed by atoms with Crippen LogP contribution in [0, 0.1) is 6.92 Å². The van der Waals surface area contributed by atoms with E-state index in [0.717, 1.165) is 30.9 Å². The number of piperazine rings is 1. The molecule has 3 rings (SSSR count). The number of carbonyl (C=O) groups excluding carboxylic acids is 1. The van der Waals surface area contributed by atoms with Crippen molar-refractivity contribution in [3.05, 3.63) is 23.4 Å². The van der Waals surface area contributed by atoms with E-state index in [0.29, 0.717) is 12.6 Å². The summed E-state index contributed by atoms with van der Waals surface area (Å²) in [6, 6.07) is 2.80. The zero-order chi connectivity index (χ0) is 14.8. The molecule has 1 unspecified atom stereocenters. The number of hydrogen-bond acceptors (Lipinski definition) is 4. The molecular weight excluding hydrogens is 264 g/mol. The minimum Gasteiger partial charge on any atom is -0.353 e. The lowest BCUT2D eigenvalue weighted by atomic mass is 10.1. The Hall–Kier alpha value is -1.62. The number of nitrogens with zero attached hydrogens (tertiary/aromatic N) is 2. The maximum Gasteiger partial charge on any atom is 0.242 e. The van der Waals surface area contributed by atoms with Crippen molar-refractivity contribution in [1.82, 2.24) is 15.6 Å². The summed E-state index contributed by atoms with van der Waals surface area (Å²) in [5.74, 6) is 1.07. The van der Waals surface area contributed by atoms with Crippen molar-refractivity contribution in [2.24, 2.45) is 0 Å². The van der Waals surface area contributed by atoms with Gasteiger partial charge in [-0.25, -0.2) is 4.98 Å². The summed E-state index contributed by atoms with van der Waals surface area (Å²) >= 11 is 0. The smallest absolute Gasteiger partial charge is 0.242 e. The van der Waals surface area contributed by atoms with E-state index >= 15 is 0 Å². The molecule has 114 valence electrons. The second kappa shape index (κ2) is 6.02. The van der Waals surface area contributed by atoms with Gasteiger partial charge < -0.3 is 15.5 Å². The van der Waals surface area contributed by atoms with Gasteiger partial charge in [0.2, 0.25) is 5.91 Å². The molecule has 2 heterocycles. The molecule has 1 saturated heterocycles. The topological polar surface area (TPSA) is 57.3 Å². The summed E-state index contributed by atoms with van der Waals surface area (Å²) in [5, 5.41) is 6.44. The fourth-order valence-corrected chi connectivity index (χ4v) is 2.95. The fraction of sp³-hybridized carbons (Fsp3) is 0.625. The van der Waals surface area contributed by atoms with Crippen molar-refractivity contribution >= 4 is 11.7 Å². The highest BCUT2D eigenvalue weighted by atomic mass is 16.2. The number of pyridine rings is 1. The molecule has 21 heavy (non-hydrogen) atoms. The normalized spacial score (nSPS) is 22.3. The third-order valence-corrected chi connectivity index (χ3v) is 4.27. The van der Waals surface area contributed by atoms with Gasteiger partial charge in [-0.1, -0.05) is 6.92 Å². The molecular formula is C16H24N4O. The SMILES string of the molecule is CCC1C(=O)NCCN1c1ncc(CNC2CC2)cc1C. The van der Waals surface area contributed by atoms with Crippen LogP contribution >= 0.6 is 0 Å². The molecule has 5 nitrogen and oxygen atoms in total. The highest BCUT2D eigenvalue weighted by Crippen LogP contribution is 2.24. The van der Waals surface area contributed by atoms with Crippen molar-refractivity contribution in [2.45, 2.75) is 51.7 Å². The molecule has 0 spiro atoms. The van der Waals surface area contributed by atoms with Gasteiger partial charge in [0.25, 0.3) is 0 Å². The van der Waals surface area contributed by atoms with Crippen LogP contribution in [0.15, 0.2) is 12.3 Å². The van der Waals surface area contributed by atoms with Gasteiger partial charge in [-0.2, -0.15) is 0 Å². The zero-order valence-electron chi connectivity index (χ0n) is 12.9. The van der Waals surface area contributed by atoms with Crippen molar-refractivity contribution < 1.29 is 4.79 Å². The molecule has 1 aliphatic carbocycles. The van der Waals surface area contributed by atoms with Gasteiger partial charge in [0.1, 0.15) is 11.9 Å². The molecule has 0 bridgehead atoms. The van der Waals surface area contributed by atoms with Crippen LogP contribution < -0.4 is 15.5 Å². The van der Waals surface area contributed by atoms with Gasteiger partial charge in [0, 0.05) is 31.9 Å². The number of amides is 1. The van der Waals surface area contributed by atoms with Gasteiger partial charge in [0.15, 0.2) is 0 Å². The molecule has 2 N–H and O–H groups in total. The average Bonchev–Trinajstić information content (AvgIpc) is 3.29. The molecule has 2 fully saturated rings. The second-order valence-corrected chi connectivity index (χ2v) is 6.05. The lowest BCUT2D eigenvalue weighted by molar-refractivity contribution is -0.123. The molecule has 1 saturated carbocycles. The highest BCUT2D eigenvalue weighted by molar-refractivity contribution is 5.86. The van der Waals surface area contributed by atoms with Gasteiger partial charge in [-0.3, -0.25) is 4.79 Å². The molecule has 1 aliphatic heterocycles. The Labute approximate surface area is 126 Å². The van der Waals surface area contributed by atoms with Gasteiger partial charge in [-0.15, -0.1) is 0 Å². The average molecular weight is 288 g/mol. The van der Waals surface area contributed by atoms with Crippen molar-refractivity contribution in [3.8, 4) is 0 Å². The van der Waals surface area contributed by atoms with E-state index in [9.17, 15) is 4.79 Å². The number of nitrogens with one attached hydrogen (secondary N) is 2. The molecule has 1 aromatic heterocycles. The number of carbonyl (C=O) groups is 1. The van der Waals surface area contributed by atoms with E-state index in [4.69, 9.17) is 0 Å². The molecule has 1 atom stereocenters. The number of aryl methyl sites for hydroxylation is 1. The van der Waals surface area contributed by atoms with Gasteiger partial charge in [-0.05, 0) is 43.4 Å². The van der Waals surface area contributed by atoms with Crippen LogP contribution in [0.3, 0.4) is 0 Å². The van der Waals surface area contributed by atoms with Crippen molar-refractivity contribution in [3.63, 3.8) is 0 Å². The standard InChI is InChI=1S/C16H24N4O/c1-3-14-16(21)17-6-7-20(14)15-11(2)8-12(10-19-15)9-18-13-4-5-13/h8,10,13-14,18H,3-7,9H2,1-2H3,(H,17,21). The summed E-state index contributed by atoms with van der Waals surface area (Å²) < 4.78 is 0. The van der Waals surface area contributed by atoms with E-state index in [2.05, 4.69) is 33.5 Å². The van der Waals surface area contributed by atoms with Crippen LogP contribution in [-0.2, 0) is 11.3 Å². The molecule has 1 amide bonds. The highest BCUT2D eigenvalue weighted by Gasteiger charge is 2.29. The molecule has 2 aliphatic rings. The first-order chi connectivity index (χ1) is 10.2. The second-order valence-electron chi connectivity index (χ2n) is 6.05. The van der Waals surface area contributed by atoms with Gasteiger partial charge in [0.05, 0.1) is 0 Å². The first-order valence-electron chi connectivity index (χ1n) is 7.92. The summed E-state index contributed by atoms with van der Waals surface area (Å²) in [4.78, 5) is 18.8. The number of hydrogen-bond donors (Lipinski definition) is 2. The number of anilines is 1. The third-order valence-electron chi connectivity index (χ3n) is 4.27. The Morgan fingerprint density at radius 1 is 1.48 bits per heavy atom. The first-order valence-corrected chi connectivity index (χ1v) is 7.92. The van der Waals surface area contributed by atoms with Crippen molar-refractivity contribution in [2.75, 3.05) is 18.0 Å². The summed E-state index contributed by atoms with van der Waals surface area (Å²) in [5.41, 5.74) is 2.37. The minimum atomic E-state index is -0.0969. The number of aromatic nitrogens is 1. The Morgan fingerprint density at radius 2 is 2.29 bits per heavy atom. The lowest BCUT2D eigenvalue weighted by Crippen LogP contribution is -2.55. The summed E-state index contributed by atoms with van der Waals surface area (Å²) in [7, 11) is 0. The molecule has 0 aromatic carbocycles. The van der Waals surface area contributed by atoms with Crippen LogP contribution in [0.5, 0.6) is 0 Å². The fourth-order valence-electron chi connectivity index (χ4n) is 2.95. The summed E-state index contributed by atoms with van der Waals surface area (Å²) in [6.45, 7) is 6.55. The van der Waals surface area contributed by atoms with E-state index < -0.39 is 0 Å². The molecule has 1 aromatic rings. The lowest BCUT2D eigenvalue weighted by Gasteiger charge is -2.36. The first kappa shape index (κ1) is 14.3. The van der Waals surface area contributed by atoms with E-state index in [1.807, 2.05) is 13.1 Å². The van der Waals surface area contributed by atoms with Crippen LogP contribution in [0.4, 0.5) is 5.82 Å². The van der Waals surface area contributed by atoms with Gasteiger partial charge >= 0.3 is 0 Å². The Balaban J connectivity index is 1.75. The van der Waals surface area contributed by atoms with E-state index in [1.54, 1.807) is 0 Å². The Bertz CT molecular complexity index is 527. The quantitative estimate of drug-likeness (QED) is 0.859. The van der Waals surface area contributed by atoms with E-state index in [-0.39, 0.29) is 11.9 Å². The van der Waals surface area contributed by atoms with Crippen LogP contribution in [0.2, 0.25) is 0 Å². The van der Waals surface area contributed by atoms with Crippen molar-refractivity contribution in [1.29, 1.82) is 0 Å². The zero-order valence-corrected chi connectivity index (χ0v) is 12.9. The monoisotopic (exact) mass is 288 g/mol. The Morgan fingerprint density at radius 3 is 2.95 bits per heavy atom. The predicted molar refractivity (Wildman–Crippen MR) is 83.3 cm³/mol. The number of rotatable bonds is 5.